The van der Waals surface area contributed by atoms with E-state index in [0.29, 0.717) is 0 Å². The summed E-state index contributed by atoms with van der Waals surface area (Å²) in [5.41, 5.74) is 0.114. The molecule has 10 heavy (non-hydrogen) atoms. The van der Waals surface area contributed by atoms with Crippen LogP contribution in [0.3, 0.4) is 0 Å². The first-order valence-electron chi connectivity index (χ1n) is 3.78. The number of carbonyl (C=O) groups excluding carboxylic acids is 1. The van der Waals surface area contributed by atoms with E-state index in [2.05, 4.69) is 6.26 Å². The van der Waals surface area contributed by atoms with Gasteiger partial charge in [-0.2, -0.15) is 11.8 Å². The zero-order chi connectivity index (χ0) is 7.45. The van der Waals surface area contributed by atoms with Crippen molar-refractivity contribution >= 4 is 18.0 Å². The molecule has 0 amide bonds. The predicted octanol–water partition coefficient (Wildman–Crippen LogP) is 2.11. The molecule has 1 aliphatic carbocycles. The van der Waals surface area contributed by atoms with Crippen LogP contribution in [0.4, 0.5) is 0 Å². The largest absolute Gasteiger partial charge is 0.303 e. The summed E-state index contributed by atoms with van der Waals surface area (Å²) in [7, 11) is 0. The molecular formula is C8H14OS. The lowest BCUT2D eigenvalue weighted by Gasteiger charge is -2.36. The highest BCUT2D eigenvalue weighted by atomic mass is 32.2. The van der Waals surface area contributed by atoms with Crippen molar-refractivity contribution in [3.8, 4) is 0 Å². The van der Waals surface area contributed by atoms with Crippen LogP contribution in [-0.4, -0.2) is 18.3 Å². The first kappa shape index (κ1) is 8.12. The van der Waals surface area contributed by atoms with E-state index >= 15 is 0 Å². The van der Waals surface area contributed by atoms with E-state index in [1.807, 2.05) is 11.8 Å². The van der Waals surface area contributed by atoms with Gasteiger partial charge in [0, 0.05) is 5.41 Å². The Kier molecular flexibility index (Phi) is 2.78. The minimum atomic E-state index is 0.114. The van der Waals surface area contributed by atoms with Crippen molar-refractivity contribution in [3.05, 3.63) is 0 Å². The lowest BCUT2D eigenvalue weighted by Crippen LogP contribution is -2.31. The van der Waals surface area contributed by atoms with Gasteiger partial charge in [0.2, 0.25) is 0 Å². The minimum Gasteiger partial charge on any atom is -0.303 e. The number of carbonyl (C=O) groups is 1. The number of rotatable bonds is 4. The summed E-state index contributed by atoms with van der Waals surface area (Å²) in [6, 6.07) is 0. The van der Waals surface area contributed by atoms with Gasteiger partial charge in [-0.15, -0.1) is 0 Å². The molecule has 0 aromatic carbocycles. The van der Waals surface area contributed by atoms with Gasteiger partial charge in [-0.1, -0.05) is 6.42 Å². The van der Waals surface area contributed by atoms with E-state index in [4.69, 9.17) is 0 Å². The van der Waals surface area contributed by atoms with Crippen LogP contribution in [0, 0.1) is 5.41 Å². The van der Waals surface area contributed by atoms with Gasteiger partial charge in [0.05, 0.1) is 0 Å². The van der Waals surface area contributed by atoms with Gasteiger partial charge >= 0.3 is 0 Å². The Balaban J connectivity index is 2.26. The molecule has 0 aromatic heterocycles. The Labute approximate surface area is 66.6 Å². The molecule has 0 atom stereocenters. The van der Waals surface area contributed by atoms with Crippen molar-refractivity contribution in [3.63, 3.8) is 0 Å². The summed E-state index contributed by atoms with van der Waals surface area (Å²) in [5.74, 6) is 1.14. The van der Waals surface area contributed by atoms with Gasteiger partial charge in [-0.25, -0.2) is 0 Å². The van der Waals surface area contributed by atoms with Gasteiger partial charge in [0.25, 0.3) is 0 Å². The standard InChI is InChI=1S/C8H14OS/c1-10-6-5-8(7-9)3-2-4-8/h7H,2-6H2,1H3. The summed E-state index contributed by atoms with van der Waals surface area (Å²) in [5, 5.41) is 0. The molecule has 0 spiro atoms. The number of hydrogen-bond acceptors (Lipinski definition) is 2. The van der Waals surface area contributed by atoms with Crippen molar-refractivity contribution < 1.29 is 4.79 Å². The van der Waals surface area contributed by atoms with E-state index in [-0.39, 0.29) is 5.41 Å². The van der Waals surface area contributed by atoms with Crippen LogP contribution >= 0.6 is 11.8 Å². The topological polar surface area (TPSA) is 17.1 Å². The van der Waals surface area contributed by atoms with Crippen molar-refractivity contribution in [1.82, 2.24) is 0 Å². The third-order valence-electron chi connectivity index (χ3n) is 2.40. The van der Waals surface area contributed by atoms with E-state index in [9.17, 15) is 4.79 Å². The molecule has 1 rings (SSSR count). The Morgan fingerprint density at radius 3 is 2.60 bits per heavy atom. The maximum absolute atomic E-state index is 10.6. The Bertz CT molecular complexity index is 118. The van der Waals surface area contributed by atoms with E-state index in [0.717, 1.165) is 25.0 Å². The third kappa shape index (κ3) is 1.54. The number of aldehydes is 1. The van der Waals surface area contributed by atoms with Crippen LogP contribution in [0.15, 0.2) is 0 Å². The van der Waals surface area contributed by atoms with Crippen molar-refractivity contribution in [2.45, 2.75) is 25.7 Å². The molecule has 0 unspecified atom stereocenters. The van der Waals surface area contributed by atoms with E-state index in [1.165, 1.54) is 12.7 Å². The fourth-order valence-corrected chi connectivity index (χ4v) is 1.97. The fraction of sp³-hybridized carbons (Fsp3) is 0.875. The monoisotopic (exact) mass is 158 g/mol. The predicted molar refractivity (Wildman–Crippen MR) is 45.3 cm³/mol. The molecule has 0 aliphatic heterocycles. The first-order valence-corrected chi connectivity index (χ1v) is 5.18. The van der Waals surface area contributed by atoms with Crippen molar-refractivity contribution in [1.29, 1.82) is 0 Å². The SMILES string of the molecule is CSCCC1(C=O)CCC1. The van der Waals surface area contributed by atoms with Gasteiger partial charge in [0.1, 0.15) is 6.29 Å². The third-order valence-corrected chi connectivity index (χ3v) is 3.02. The maximum Gasteiger partial charge on any atom is 0.126 e. The van der Waals surface area contributed by atoms with Crippen LogP contribution in [-0.2, 0) is 4.79 Å². The molecule has 1 aliphatic rings. The number of hydrogen-bond donors (Lipinski definition) is 0. The second kappa shape index (κ2) is 3.42. The second-order valence-electron chi connectivity index (χ2n) is 3.08. The summed E-state index contributed by atoms with van der Waals surface area (Å²) < 4.78 is 0. The smallest absolute Gasteiger partial charge is 0.126 e. The van der Waals surface area contributed by atoms with Crippen molar-refractivity contribution in [2.75, 3.05) is 12.0 Å². The average molecular weight is 158 g/mol. The first-order chi connectivity index (χ1) is 4.83. The van der Waals surface area contributed by atoms with Crippen LogP contribution < -0.4 is 0 Å². The normalized spacial score (nSPS) is 21.7. The molecule has 0 radical (unpaired) electrons. The second-order valence-corrected chi connectivity index (χ2v) is 4.06. The Hall–Kier alpha value is 0.0200. The molecule has 0 bridgehead atoms. The molecule has 1 fully saturated rings. The molecule has 58 valence electrons. The quantitative estimate of drug-likeness (QED) is 0.583. The molecular weight excluding hydrogens is 144 g/mol. The molecule has 1 nitrogen and oxygen atoms in total. The van der Waals surface area contributed by atoms with Crippen molar-refractivity contribution in [2.24, 2.45) is 5.41 Å². The van der Waals surface area contributed by atoms with Gasteiger partial charge in [0.15, 0.2) is 0 Å². The van der Waals surface area contributed by atoms with E-state index in [1.54, 1.807) is 0 Å². The van der Waals surface area contributed by atoms with Gasteiger partial charge in [-0.05, 0) is 31.3 Å². The Morgan fingerprint density at radius 2 is 2.30 bits per heavy atom. The Morgan fingerprint density at radius 1 is 1.60 bits per heavy atom. The van der Waals surface area contributed by atoms with Crippen LogP contribution in [0.1, 0.15) is 25.7 Å². The maximum atomic E-state index is 10.6. The number of thioether (sulfide) groups is 1. The highest BCUT2D eigenvalue weighted by molar-refractivity contribution is 7.98. The zero-order valence-corrected chi connectivity index (χ0v) is 7.25. The average Bonchev–Trinajstić information content (AvgIpc) is 1.87. The molecule has 2 heteroatoms. The van der Waals surface area contributed by atoms with Crippen LogP contribution in [0.25, 0.3) is 0 Å². The summed E-state index contributed by atoms with van der Waals surface area (Å²) in [4.78, 5) is 10.6. The highest BCUT2D eigenvalue weighted by Gasteiger charge is 2.35. The van der Waals surface area contributed by atoms with Gasteiger partial charge in [-0.3, -0.25) is 0 Å². The highest BCUT2D eigenvalue weighted by Crippen LogP contribution is 2.42. The lowest BCUT2D eigenvalue weighted by molar-refractivity contribution is -0.120. The molecule has 0 aromatic rings. The van der Waals surface area contributed by atoms with E-state index < -0.39 is 0 Å². The summed E-state index contributed by atoms with van der Waals surface area (Å²) in [6.45, 7) is 0. The molecule has 0 N–H and O–H groups in total. The molecule has 0 saturated heterocycles. The van der Waals surface area contributed by atoms with Gasteiger partial charge < -0.3 is 4.79 Å². The lowest BCUT2D eigenvalue weighted by atomic mass is 9.68. The minimum absolute atomic E-state index is 0.114. The van der Waals surface area contributed by atoms with Crippen LogP contribution in [0.2, 0.25) is 0 Å². The summed E-state index contributed by atoms with van der Waals surface area (Å²) >= 11 is 1.83. The molecule has 1 saturated carbocycles. The zero-order valence-electron chi connectivity index (χ0n) is 6.43. The molecule has 0 heterocycles. The van der Waals surface area contributed by atoms with Crippen LogP contribution in [0.5, 0.6) is 0 Å². The summed E-state index contributed by atoms with van der Waals surface area (Å²) in [6.07, 6.45) is 7.89. The fourth-order valence-electron chi connectivity index (χ4n) is 1.36.